The molecule has 1 aromatic rings. The number of rotatable bonds is 5. The minimum Gasteiger partial charge on any atom is -0.308 e. The van der Waals surface area contributed by atoms with Crippen molar-refractivity contribution in [1.82, 2.24) is 10.3 Å². The van der Waals surface area contributed by atoms with Gasteiger partial charge >= 0.3 is 0 Å². The summed E-state index contributed by atoms with van der Waals surface area (Å²) in [5, 5.41) is 6.77. The van der Waals surface area contributed by atoms with E-state index < -0.39 is 0 Å². The Balaban J connectivity index is 1.69. The average molecular weight is 236 g/mol. The average Bonchev–Trinajstić information content (AvgIpc) is 2.84. The van der Waals surface area contributed by atoms with Gasteiger partial charge in [0, 0.05) is 11.6 Å². The van der Waals surface area contributed by atoms with Gasteiger partial charge in [-0.1, -0.05) is 11.6 Å². The number of nitrogens with zero attached hydrogens (tertiary/aromatic N) is 1. The molecule has 1 N–H and O–H groups in total. The second kappa shape index (κ2) is 6.16. The van der Waals surface area contributed by atoms with Crippen LogP contribution in [0, 0.1) is 0 Å². The molecule has 0 aliphatic heterocycles. The van der Waals surface area contributed by atoms with Crippen molar-refractivity contribution in [1.29, 1.82) is 0 Å². The van der Waals surface area contributed by atoms with Gasteiger partial charge in [-0.15, -0.1) is 11.3 Å². The van der Waals surface area contributed by atoms with E-state index in [0.717, 1.165) is 6.54 Å². The molecule has 1 heterocycles. The van der Waals surface area contributed by atoms with Gasteiger partial charge in [0.05, 0.1) is 6.04 Å². The van der Waals surface area contributed by atoms with E-state index in [4.69, 9.17) is 0 Å². The number of hydrogen-bond donors (Lipinski definition) is 1. The standard InChI is InChI=1S/C13H20N2S/c1-11(13-15-9-10-16-13)14-8-7-12-5-3-2-4-6-12/h5,9-11,14H,2-4,6-8H2,1H3. The first-order valence-electron chi connectivity index (χ1n) is 6.17. The quantitative estimate of drug-likeness (QED) is 0.789. The summed E-state index contributed by atoms with van der Waals surface area (Å²) < 4.78 is 0. The van der Waals surface area contributed by atoms with E-state index in [1.54, 1.807) is 16.9 Å². The number of allylic oxidation sites excluding steroid dienone is 1. The molecule has 0 aromatic carbocycles. The highest BCUT2D eigenvalue weighted by atomic mass is 32.1. The topological polar surface area (TPSA) is 24.9 Å². The van der Waals surface area contributed by atoms with E-state index in [0.29, 0.717) is 6.04 Å². The van der Waals surface area contributed by atoms with Crippen molar-refractivity contribution in [2.45, 2.75) is 45.1 Å². The molecule has 0 saturated heterocycles. The summed E-state index contributed by atoms with van der Waals surface area (Å²) >= 11 is 1.73. The van der Waals surface area contributed by atoms with E-state index in [1.807, 2.05) is 11.6 Å². The van der Waals surface area contributed by atoms with Gasteiger partial charge in [-0.25, -0.2) is 4.98 Å². The van der Waals surface area contributed by atoms with Crippen LogP contribution in [0.25, 0.3) is 0 Å². The first kappa shape index (κ1) is 11.8. The molecule has 0 fully saturated rings. The predicted molar refractivity (Wildman–Crippen MR) is 69.7 cm³/mol. The highest BCUT2D eigenvalue weighted by molar-refractivity contribution is 7.09. The molecule has 2 rings (SSSR count). The van der Waals surface area contributed by atoms with Crippen molar-refractivity contribution < 1.29 is 0 Å². The van der Waals surface area contributed by atoms with Crippen LogP contribution in [-0.2, 0) is 0 Å². The van der Waals surface area contributed by atoms with E-state index in [2.05, 4.69) is 23.3 Å². The Morgan fingerprint density at radius 2 is 2.44 bits per heavy atom. The normalized spacial score (nSPS) is 18.2. The van der Waals surface area contributed by atoms with Crippen LogP contribution in [-0.4, -0.2) is 11.5 Å². The van der Waals surface area contributed by atoms with Gasteiger partial charge in [0.25, 0.3) is 0 Å². The van der Waals surface area contributed by atoms with Crippen LogP contribution >= 0.6 is 11.3 Å². The zero-order chi connectivity index (χ0) is 11.2. The number of nitrogens with one attached hydrogen (secondary N) is 1. The Bertz CT molecular complexity index is 330. The van der Waals surface area contributed by atoms with Gasteiger partial charge in [-0.3, -0.25) is 0 Å². The molecule has 3 heteroatoms. The third kappa shape index (κ3) is 3.42. The lowest BCUT2D eigenvalue weighted by molar-refractivity contribution is 0.560. The summed E-state index contributed by atoms with van der Waals surface area (Å²) in [6.07, 6.45) is 10.9. The predicted octanol–water partition coefficient (Wildman–Crippen LogP) is 3.68. The number of aromatic nitrogens is 1. The monoisotopic (exact) mass is 236 g/mol. The van der Waals surface area contributed by atoms with Gasteiger partial charge in [-0.05, 0) is 45.6 Å². The largest absolute Gasteiger partial charge is 0.308 e. The van der Waals surface area contributed by atoms with Crippen LogP contribution in [0.3, 0.4) is 0 Å². The van der Waals surface area contributed by atoms with Gasteiger partial charge in [0.2, 0.25) is 0 Å². The molecule has 1 aliphatic carbocycles. The first-order valence-corrected chi connectivity index (χ1v) is 7.05. The minimum absolute atomic E-state index is 0.393. The zero-order valence-corrected chi connectivity index (χ0v) is 10.7. The Hall–Kier alpha value is -0.670. The zero-order valence-electron chi connectivity index (χ0n) is 9.91. The molecule has 1 unspecified atom stereocenters. The van der Waals surface area contributed by atoms with E-state index >= 15 is 0 Å². The fraction of sp³-hybridized carbons (Fsp3) is 0.615. The van der Waals surface area contributed by atoms with Gasteiger partial charge in [0.15, 0.2) is 0 Å². The maximum absolute atomic E-state index is 4.32. The molecular weight excluding hydrogens is 216 g/mol. The lowest BCUT2D eigenvalue weighted by Crippen LogP contribution is -2.20. The van der Waals surface area contributed by atoms with Crippen LogP contribution in [0.4, 0.5) is 0 Å². The first-order chi connectivity index (χ1) is 7.86. The highest BCUT2D eigenvalue weighted by Gasteiger charge is 2.08. The molecule has 16 heavy (non-hydrogen) atoms. The van der Waals surface area contributed by atoms with E-state index in [1.165, 1.54) is 37.1 Å². The second-order valence-electron chi connectivity index (χ2n) is 4.40. The Kier molecular flexibility index (Phi) is 4.55. The lowest BCUT2D eigenvalue weighted by Gasteiger charge is -2.15. The molecule has 0 amide bonds. The SMILES string of the molecule is CC(NCCC1=CCCCC1)c1nccs1. The molecule has 0 spiro atoms. The molecule has 1 aliphatic rings. The van der Waals surface area contributed by atoms with Crippen molar-refractivity contribution in [3.63, 3.8) is 0 Å². The minimum atomic E-state index is 0.393. The molecule has 1 aromatic heterocycles. The van der Waals surface area contributed by atoms with Crippen LogP contribution < -0.4 is 5.32 Å². The van der Waals surface area contributed by atoms with Gasteiger partial charge in [-0.2, -0.15) is 0 Å². The number of hydrogen-bond acceptors (Lipinski definition) is 3. The van der Waals surface area contributed by atoms with Crippen LogP contribution in [0.1, 0.15) is 50.1 Å². The maximum Gasteiger partial charge on any atom is 0.109 e. The summed E-state index contributed by atoms with van der Waals surface area (Å²) in [6.45, 7) is 3.26. The van der Waals surface area contributed by atoms with E-state index in [-0.39, 0.29) is 0 Å². The Morgan fingerprint density at radius 3 is 3.12 bits per heavy atom. The molecule has 0 radical (unpaired) electrons. The summed E-state index contributed by atoms with van der Waals surface area (Å²) in [7, 11) is 0. The molecule has 0 bridgehead atoms. The maximum atomic E-state index is 4.32. The summed E-state index contributed by atoms with van der Waals surface area (Å²) in [6, 6.07) is 0.393. The van der Waals surface area contributed by atoms with Gasteiger partial charge < -0.3 is 5.32 Å². The van der Waals surface area contributed by atoms with E-state index in [9.17, 15) is 0 Å². The highest BCUT2D eigenvalue weighted by Crippen LogP contribution is 2.20. The van der Waals surface area contributed by atoms with Crippen molar-refractivity contribution in [2.24, 2.45) is 0 Å². The summed E-state index contributed by atoms with van der Waals surface area (Å²) in [5.41, 5.74) is 1.64. The fourth-order valence-electron chi connectivity index (χ4n) is 2.12. The van der Waals surface area contributed by atoms with Crippen molar-refractivity contribution in [2.75, 3.05) is 6.54 Å². The molecular formula is C13H20N2S. The van der Waals surface area contributed by atoms with Gasteiger partial charge in [0.1, 0.15) is 5.01 Å². The third-order valence-electron chi connectivity index (χ3n) is 3.10. The molecule has 88 valence electrons. The fourth-order valence-corrected chi connectivity index (χ4v) is 2.79. The van der Waals surface area contributed by atoms with Crippen LogP contribution in [0.5, 0.6) is 0 Å². The smallest absolute Gasteiger partial charge is 0.109 e. The summed E-state index contributed by atoms with van der Waals surface area (Å²) in [4.78, 5) is 4.32. The Labute approximate surface area is 102 Å². The second-order valence-corrected chi connectivity index (χ2v) is 5.33. The molecule has 2 nitrogen and oxygen atoms in total. The van der Waals surface area contributed by atoms with Crippen molar-refractivity contribution in [3.05, 3.63) is 28.2 Å². The van der Waals surface area contributed by atoms with Crippen molar-refractivity contribution >= 4 is 11.3 Å². The summed E-state index contributed by atoms with van der Waals surface area (Å²) in [5.74, 6) is 0. The van der Waals surface area contributed by atoms with Crippen molar-refractivity contribution in [3.8, 4) is 0 Å². The lowest BCUT2D eigenvalue weighted by atomic mass is 9.97. The third-order valence-corrected chi connectivity index (χ3v) is 4.06. The number of thiazole rings is 1. The van der Waals surface area contributed by atoms with Crippen LogP contribution in [0.15, 0.2) is 23.2 Å². The molecule has 1 atom stereocenters. The molecule has 0 saturated carbocycles. The van der Waals surface area contributed by atoms with Crippen LogP contribution in [0.2, 0.25) is 0 Å². The Morgan fingerprint density at radius 1 is 1.50 bits per heavy atom.